The first kappa shape index (κ1) is 20.4. The Labute approximate surface area is 149 Å². The predicted molar refractivity (Wildman–Crippen MR) is 98.3 cm³/mol. The molecule has 0 radical (unpaired) electrons. The summed E-state index contributed by atoms with van der Waals surface area (Å²) in [7, 11) is 3.51. The van der Waals surface area contributed by atoms with Gasteiger partial charge in [-0.2, -0.15) is 5.26 Å². The summed E-state index contributed by atoms with van der Waals surface area (Å²) in [5, 5.41) is 19.6. The number of amides is 2. The van der Waals surface area contributed by atoms with E-state index in [1.807, 2.05) is 13.8 Å². The molecule has 1 rings (SSSR count). The average molecular weight is 352 g/mol. The van der Waals surface area contributed by atoms with Gasteiger partial charge in [0.1, 0.15) is 5.01 Å². The summed E-state index contributed by atoms with van der Waals surface area (Å²) in [4.78, 5) is 15.6. The van der Waals surface area contributed by atoms with Crippen LogP contribution in [-0.4, -0.2) is 41.8 Å². The van der Waals surface area contributed by atoms with E-state index in [0.717, 1.165) is 30.7 Å². The number of urea groups is 1. The molecule has 1 aromatic heterocycles. The van der Waals surface area contributed by atoms with Crippen molar-refractivity contribution in [3.8, 4) is 6.07 Å². The zero-order valence-electron chi connectivity index (χ0n) is 15.7. The van der Waals surface area contributed by atoms with Crippen LogP contribution in [0.3, 0.4) is 0 Å². The van der Waals surface area contributed by atoms with Crippen LogP contribution in [0.1, 0.15) is 58.4 Å². The maximum Gasteiger partial charge on any atom is 0.325 e. The highest BCUT2D eigenvalue weighted by molar-refractivity contribution is 7.15. The quantitative estimate of drug-likeness (QED) is 0.708. The summed E-state index contributed by atoms with van der Waals surface area (Å²) >= 11 is 1.43. The zero-order chi connectivity index (χ0) is 18.3. The first-order chi connectivity index (χ1) is 11.4. The lowest BCUT2D eigenvalue weighted by atomic mass is 9.71. The van der Waals surface area contributed by atoms with Gasteiger partial charge in [0.15, 0.2) is 0 Å². The molecule has 1 heterocycles. The molecule has 0 aliphatic rings. The number of hydrogen-bond donors (Lipinski definition) is 0. The van der Waals surface area contributed by atoms with Crippen LogP contribution in [0.25, 0.3) is 0 Å². The largest absolute Gasteiger partial charge is 0.327 e. The third kappa shape index (κ3) is 3.86. The Balaban J connectivity index is 3.13. The molecular weight excluding hydrogens is 322 g/mol. The van der Waals surface area contributed by atoms with Crippen molar-refractivity contribution >= 4 is 22.5 Å². The molecule has 0 spiro atoms. The van der Waals surface area contributed by atoms with Crippen molar-refractivity contribution in [2.24, 2.45) is 5.92 Å². The van der Waals surface area contributed by atoms with Crippen LogP contribution in [0.4, 0.5) is 9.93 Å². The molecule has 1 aromatic rings. The number of aromatic nitrogens is 2. The molecule has 24 heavy (non-hydrogen) atoms. The van der Waals surface area contributed by atoms with E-state index in [9.17, 15) is 10.1 Å². The van der Waals surface area contributed by atoms with Gasteiger partial charge in [0.2, 0.25) is 5.13 Å². The Morgan fingerprint density at radius 1 is 1.25 bits per heavy atom. The topological polar surface area (TPSA) is 73.1 Å². The highest BCUT2D eigenvalue weighted by Crippen LogP contribution is 2.43. The number of nitriles is 1. The van der Waals surface area contributed by atoms with Crippen LogP contribution < -0.4 is 4.90 Å². The number of rotatable bonds is 8. The van der Waals surface area contributed by atoms with Gasteiger partial charge in [-0.25, -0.2) is 4.79 Å². The molecule has 0 aliphatic carbocycles. The van der Waals surface area contributed by atoms with Crippen molar-refractivity contribution in [1.29, 1.82) is 5.26 Å². The number of nitrogens with zero attached hydrogens (tertiary/aromatic N) is 5. The predicted octanol–water partition coefficient (Wildman–Crippen LogP) is 4.04. The highest BCUT2D eigenvalue weighted by Gasteiger charge is 2.40. The number of hydrogen-bond acceptors (Lipinski definition) is 5. The van der Waals surface area contributed by atoms with Gasteiger partial charge in [-0.15, -0.1) is 10.2 Å². The molecule has 0 N–H and O–H groups in total. The smallest absolute Gasteiger partial charge is 0.325 e. The van der Waals surface area contributed by atoms with Crippen LogP contribution in [0.15, 0.2) is 0 Å². The second-order valence-corrected chi connectivity index (χ2v) is 7.06. The summed E-state index contributed by atoms with van der Waals surface area (Å²) in [5.74, 6) is -0.0999. The molecule has 6 nitrogen and oxygen atoms in total. The summed E-state index contributed by atoms with van der Waals surface area (Å²) in [6, 6.07) is 2.35. The number of carbonyl (C=O) groups excluding carboxylic acids is 1. The first-order valence-corrected chi connectivity index (χ1v) is 9.45. The minimum Gasteiger partial charge on any atom is -0.327 e. The highest BCUT2D eigenvalue weighted by atomic mass is 32.1. The van der Waals surface area contributed by atoms with Crippen molar-refractivity contribution in [2.45, 2.75) is 58.8 Å². The van der Waals surface area contributed by atoms with Gasteiger partial charge in [-0.3, -0.25) is 4.90 Å². The second kappa shape index (κ2) is 8.97. The van der Waals surface area contributed by atoms with Crippen LogP contribution in [0.5, 0.6) is 0 Å². The lowest BCUT2D eigenvalue weighted by Crippen LogP contribution is -2.39. The Hall–Kier alpha value is -1.68. The van der Waals surface area contributed by atoms with Crippen LogP contribution in [0.2, 0.25) is 0 Å². The summed E-state index contributed by atoms with van der Waals surface area (Å²) in [5.41, 5.74) is -0.293. The third-order valence-electron chi connectivity index (χ3n) is 4.79. The SMILES string of the molecule is CCCN(C)C(=O)N(C)c1nnc(C(CC)(CC)C(C#N)CC)s1. The maximum atomic E-state index is 12.4. The van der Waals surface area contributed by atoms with Crippen molar-refractivity contribution < 1.29 is 4.79 Å². The lowest BCUT2D eigenvalue weighted by molar-refractivity contribution is 0.217. The fourth-order valence-electron chi connectivity index (χ4n) is 3.12. The summed E-state index contributed by atoms with van der Waals surface area (Å²) in [6.07, 6.45) is 3.35. The zero-order valence-corrected chi connectivity index (χ0v) is 16.5. The van der Waals surface area contributed by atoms with Gasteiger partial charge in [0.05, 0.1) is 12.0 Å². The number of anilines is 1. The molecule has 0 saturated carbocycles. The molecule has 1 unspecified atom stereocenters. The van der Waals surface area contributed by atoms with Crippen LogP contribution in [-0.2, 0) is 5.41 Å². The van der Waals surface area contributed by atoms with Gasteiger partial charge >= 0.3 is 6.03 Å². The van der Waals surface area contributed by atoms with Crippen molar-refractivity contribution in [3.05, 3.63) is 5.01 Å². The van der Waals surface area contributed by atoms with Crippen LogP contribution in [0, 0.1) is 17.2 Å². The molecule has 0 saturated heterocycles. The van der Waals surface area contributed by atoms with E-state index in [0.29, 0.717) is 11.7 Å². The lowest BCUT2D eigenvalue weighted by Gasteiger charge is -2.33. The average Bonchev–Trinajstić information content (AvgIpc) is 3.09. The van der Waals surface area contributed by atoms with E-state index in [4.69, 9.17) is 0 Å². The first-order valence-electron chi connectivity index (χ1n) is 8.64. The van der Waals surface area contributed by atoms with Gasteiger partial charge in [-0.1, -0.05) is 39.0 Å². The van der Waals surface area contributed by atoms with E-state index < -0.39 is 0 Å². The Morgan fingerprint density at radius 2 is 1.88 bits per heavy atom. The van der Waals surface area contributed by atoms with Gasteiger partial charge in [0.25, 0.3) is 0 Å². The van der Waals surface area contributed by atoms with E-state index in [-0.39, 0.29) is 17.4 Å². The number of carbonyl (C=O) groups is 1. The molecular formula is C17H29N5OS. The Bertz CT molecular complexity index is 576. The fraction of sp³-hybridized carbons (Fsp3) is 0.765. The molecule has 1 atom stereocenters. The van der Waals surface area contributed by atoms with Crippen molar-refractivity contribution in [2.75, 3.05) is 25.5 Å². The standard InChI is InChI=1S/C17H29N5OS/c1-7-11-21(5)16(23)22(6)15-20-19-14(24-15)17(9-3,10-4)13(8-2)12-18/h13H,7-11H2,1-6H3. The van der Waals surface area contributed by atoms with E-state index in [1.54, 1.807) is 23.9 Å². The molecule has 0 bridgehead atoms. The van der Waals surface area contributed by atoms with E-state index in [2.05, 4.69) is 30.1 Å². The second-order valence-electron chi connectivity index (χ2n) is 6.11. The molecule has 134 valence electrons. The van der Waals surface area contributed by atoms with Gasteiger partial charge < -0.3 is 4.90 Å². The normalized spacial score (nSPS) is 12.5. The van der Waals surface area contributed by atoms with E-state index in [1.165, 1.54) is 11.3 Å². The maximum absolute atomic E-state index is 12.4. The molecule has 0 fully saturated rings. The molecule has 0 aromatic carbocycles. The minimum absolute atomic E-state index is 0.0922. The van der Waals surface area contributed by atoms with Crippen molar-refractivity contribution in [3.63, 3.8) is 0 Å². The van der Waals surface area contributed by atoms with Gasteiger partial charge in [-0.05, 0) is 25.7 Å². The fourth-order valence-corrected chi connectivity index (χ4v) is 4.31. The summed E-state index contributed by atoms with van der Waals surface area (Å²) < 4.78 is 0. The Kier molecular flexibility index (Phi) is 7.61. The van der Waals surface area contributed by atoms with Crippen LogP contribution >= 0.6 is 11.3 Å². The van der Waals surface area contributed by atoms with E-state index >= 15 is 0 Å². The van der Waals surface area contributed by atoms with Gasteiger partial charge in [0, 0.05) is 26.1 Å². The van der Waals surface area contributed by atoms with Crippen molar-refractivity contribution in [1.82, 2.24) is 15.1 Å². The summed E-state index contributed by atoms with van der Waals surface area (Å²) in [6.45, 7) is 8.96. The monoisotopic (exact) mass is 351 g/mol. The third-order valence-corrected chi connectivity index (χ3v) is 6.01. The minimum atomic E-state index is -0.293. The Morgan fingerprint density at radius 3 is 2.33 bits per heavy atom. The molecule has 7 heteroatoms. The molecule has 0 aliphatic heterocycles. The molecule has 2 amide bonds.